The van der Waals surface area contributed by atoms with Gasteiger partial charge < -0.3 is 25.6 Å². The molecule has 0 unspecified atom stereocenters. The lowest BCUT2D eigenvalue weighted by molar-refractivity contribution is -0.144. The van der Waals surface area contributed by atoms with E-state index in [1.54, 1.807) is 38.1 Å². The van der Waals surface area contributed by atoms with Crippen molar-refractivity contribution in [1.82, 2.24) is 20.9 Å². The molecule has 45 heavy (non-hydrogen) atoms. The van der Waals surface area contributed by atoms with Crippen molar-refractivity contribution in [2.45, 2.75) is 89.4 Å². The molecule has 0 bridgehead atoms. The number of nitrogens with one attached hydrogen (secondary N) is 3. The third-order valence-corrected chi connectivity index (χ3v) is 8.70. The molecule has 240 valence electrons. The first-order valence-corrected chi connectivity index (χ1v) is 15.7. The summed E-state index contributed by atoms with van der Waals surface area (Å²) < 4.78 is 5.35. The van der Waals surface area contributed by atoms with E-state index in [0.29, 0.717) is 37.8 Å². The van der Waals surface area contributed by atoms with Gasteiger partial charge in [0, 0.05) is 13.0 Å². The predicted molar refractivity (Wildman–Crippen MR) is 171 cm³/mol. The van der Waals surface area contributed by atoms with Gasteiger partial charge in [-0.25, -0.2) is 4.79 Å². The first-order valence-electron chi connectivity index (χ1n) is 15.7. The van der Waals surface area contributed by atoms with Crippen LogP contribution >= 0.6 is 0 Å². The summed E-state index contributed by atoms with van der Waals surface area (Å²) in [6, 6.07) is 13.7. The number of fused-ring (bicyclic) bond motifs is 1. The van der Waals surface area contributed by atoms with E-state index in [1.807, 2.05) is 37.3 Å². The molecule has 2 aliphatic rings. The number of hydrogen-bond acceptors (Lipinski definition) is 6. The summed E-state index contributed by atoms with van der Waals surface area (Å²) in [6.07, 6.45) is 2.82. The van der Waals surface area contributed by atoms with Crippen LogP contribution in [0.25, 0.3) is 5.57 Å². The number of esters is 1. The summed E-state index contributed by atoms with van der Waals surface area (Å²) in [5.74, 6) is -2.10. The Labute approximate surface area is 265 Å². The predicted octanol–water partition coefficient (Wildman–Crippen LogP) is 3.55. The molecular weight excluding hydrogens is 572 g/mol. The maximum Gasteiger partial charge on any atom is 0.338 e. The highest BCUT2D eigenvalue weighted by molar-refractivity contribution is 5.99. The number of amides is 4. The molecule has 10 heteroatoms. The van der Waals surface area contributed by atoms with E-state index in [9.17, 15) is 24.0 Å². The van der Waals surface area contributed by atoms with E-state index in [2.05, 4.69) is 22.5 Å². The molecule has 0 aliphatic carbocycles. The largest absolute Gasteiger partial charge is 0.462 e. The summed E-state index contributed by atoms with van der Waals surface area (Å²) in [7, 11) is 0. The Bertz CT molecular complexity index is 1410. The second kappa shape index (κ2) is 15.0. The van der Waals surface area contributed by atoms with Crippen molar-refractivity contribution in [1.29, 1.82) is 0 Å². The molecule has 0 radical (unpaired) electrons. The fourth-order valence-electron chi connectivity index (χ4n) is 5.66. The normalized spacial score (nSPS) is 24.0. The van der Waals surface area contributed by atoms with Gasteiger partial charge in [0.1, 0.15) is 23.7 Å². The fraction of sp³-hybridized carbons (Fsp3) is 0.457. The number of carbonyl (C=O) groups is 5. The second-order valence-corrected chi connectivity index (χ2v) is 12.1. The first-order chi connectivity index (χ1) is 21.5. The maximum absolute atomic E-state index is 13.9. The van der Waals surface area contributed by atoms with Crippen LogP contribution in [0, 0.1) is 0 Å². The Hall–Kier alpha value is -4.47. The van der Waals surface area contributed by atoms with Crippen LogP contribution in [-0.2, 0) is 30.3 Å². The highest BCUT2D eigenvalue weighted by atomic mass is 16.5. The van der Waals surface area contributed by atoms with Crippen LogP contribution in [0.1, 0.15) is 80.8 Å². The molecule has 2 aromatic rings. The molecule has 2 saturated heterocycles. The molecule has 2 heterocycles. The summed E-state index contributed by atoms with van der Waals surface area (Å²) >= 11 is 0. The van der Waals surface area contributed by atoms with E-state index in [4.69, 9.17) is 4.74 Å². The number of nitrogens with zero attached hydrogens (tertiary/aromatic N) is 1. The minimum Gasteiger partial charge on any atom is -0.462 e. The van der Waals surface area contributed by atoms with Gasteiger partial charge in [-0.2, -0.15) is 0 Å². The SMILES string of the molecule is C=C(C)c1ccc(C[C@@H]2NC(=O)[C@](C)(CC)NC(=O)[C@H](CCCCOC(=O)c3ccccc3)NC(=O)[C@H]3CCCN3C2=O)cc1. The monoisotopic (exact) mass is 616 g/mol. The lowest BCUT2D eigenvalue weighted by Gasteiger charge is -2.36. The number of allylic oxidation sites excluding steroid dienone is 1. The average Bonchev–Trinajstić information content (AvgIpc) is 3.53. The van der Waals surface area contributed by atoms with Crippen LogP contribution in [0.5, 0.6) is 0 Å². The van der Waals surface area contributed by atoms with E-state index in [-0.39, 0.29) is 31.8 Å². The van der Waals surface area contributed by atoms with Gasteiger partial charge in [-0.1, -0.05) is 61.5 Å². The Morgan fingerprint density at radius 3 is 2.33 bits per heavy atom. The zero-order valence-corrected chi connectivity index (χ0v) is 26.4. The summed E-state index contributed by atoms with van der Waals surface area (Å²) in [5, 5.41) is 8.64. The van der Waals surface area contributed by atoms with Crippen molar-refractivity contribution in [2.24, 2.45) is 0 Å². The van der Waals surface area contributed by atoms with Gasteiger partial charge in [-0.05, 0) is 75.6 Å². The molecule has 0 saturated carbocycles. The molecule has 10 nitrogen and oxygen atoms in total. The molecular formula is C35H44N4O6. The number of benzene rings is 2. The van der Waals surface area contributed by atoms with Gasteiger partial charge in [-0.15, -0.1) is 0 Å². The van der Waals surface area contributed by atoms with Crippen LogP contribution < -0.4 is 16.0 Å². The van der Waals surface area contributed by atoms with E-state index >= 15 is 0 Å². The van der Waals surface area contributed by atoms with Crippen LogP contribution in [0.3, 0.4) is 0 Å². The third kappa shape index (κ3) is 8.38. The molecule has 2 aromatic carbocycles. The average molecular weight is 617 g/mol. The highest BCUT2D eigenvalue weighted by Crippen LogP contribution is 2.23. The third-order valence-electron chi connectivity index (χ3n) is 8.70. The summed E-state index contributed by atoms with van der Waals surface area (Å²) in [4.78, 5) is 68.6. The smallest absolute Gasteiger partial charge is 0.338 e. The van der Waals surface area contributed by atoms with Crippen molar-refractivity contribution in [2.75, 3.05) is 13.2 Å². The van der Waals surface area contributed by atoms with Gasteiger partial charge in [0.15, 0.2) is 0 Å². The lowest BCUT2D eigenvalue weighted by atomic mass is 9.94. The topological polar surface area (TPSA) is 134 Å². The fourth-order valence-corrected chi connectivity index (χ4v) is 5.66. The molecule has 4 amide bonds. The van der Waals surface area contributed by atoms with Gasteiger partial charge in [0.05, 0.1) is 12.2 Å². The second-order valence-electron chi connectivity index (χ2n) is 12.1. The molecule has 3 N–H and O–H groups in total. The maximum atomic E-state index is 13.9. The quantitative estimate of drug-likeness (QED) is 0.276. The van der Waals surface area contributed by atoms with Crippen LogP contribution in [0.4, 0.5) is 0 Å². The van der Waals surface area contributed by atoms with Crippen LogP contribution in [0.2, 0.25) is 0 Å². The van der Waals surface area contributed by atoms with E-state index in [0.717, 1.165) is 16.7 Å². The minimum atomic E-state index is -1.32. The number of ether oxygens (including phenoxy) is 1. The van der Waals surface area contributed by atoms with Crippen molar-refractivity contribution in [3.63, 3.8) is 0 Å². The lowest BCUT2D eigenvalue weighted by Crippen LogP contribution is -2.65. The standard InChI is InChI=1S/C35H44N4O6/c1-5-35(4)34(44)37-28(22-24-16-18-25(19-17-24)23(2)3)32(42)39-20-11-15-29(39)31(41)36-27(30(40)38-35)14-9-10-21-45-33(43)26-12-7-6-8-13-26/h6-8,12-13,16-19,27-29H,2,5,9-11,14-15,20-22H2,1,3-4H3,(H,36,41)(H,37,44)(H,38,40)/t27-,28-,29+,35-/m0/s1. The molecule has 2 fully saturated rings. The van der Waals surface area contributed by atoms with Crippen molar-refractivity contribution in [3.05, 3.63) is 77.9 Å². The van der Waals surface area contributed by atoms with Gasteiger partial charge >= 0.3 is 5.97 Å². The van der Waals surface area contributed by atoms with Gasteiger partial charge in [-0.3, -0.25) is 19.2 Å². The number of unbranched alkanes of at least 4 members (excludes halogenated alkanes) is 1. The number of hydrogen-bond donors (Lipinski definition) is 3. The minimum absolute atomic E-state index is 0.160. The summed E-state index contributed by atoms with van der Waals surface area (Å²) in [6.45, 7) is 9.82. The van der Waals surface area contributed by atoms with Crippen molar-refractivity contribution in [3.8, 4) is 0 Å². The first kappa shape index (κ1) is 33.4. The molecule has 4 rings (SSSR count). The highest BCUT2D eigenvalue weighted by Gasteiger charge is 2.43. The molecule has 2 aliphatic heterocycles. The Kier molecular flexibility index (Phi) is 11.1. The molecule has 4 atom stereocenters. The van der Waals surface area contributed by atoms with E-state index in [1.165, 1.54) is 4.90 Å². The number of carbonyl (C=O) groups excluding carboxylic acids is 5. The summed E-state index contributed by atoms with van der Waals surface area (Å²) in [5.41, 5.74) is 1.88. The van der Waals surface area contributed by atoms with Gasteiger partial charge in [0.25, 0.3) is 0 Å². The Balaban J connectivity index is 1.49. The van der Waals surface area contributed by atoms with E-state index < -0.39 is 47.4 Å². The Morgan fingerprint density at radius 2 is 1.67 bits per heavy atom. The molecule has 0 aromatic heterocycles. The zero-order chi connectivity index (χ0) is 32.6. The Morgan fingerprint density at radius 1 is 0.956 bits per heavy atom. The van der Waals surface area contributed by atoms with Crippen molar-refractivity contribution >= 4 is 35.2 Å². The van der Waals surface area contributed by atoms with Crippen LogP contribution in [0.15, 0.2) is 61.2 Å². The van der Waals surface area contributed by atoms with Crippen LogP contribution in [-0.4, -0.2) is 71.3 Å². The molecule has 0 spiro atoms. The van der Waals surface area contributed by atoms with Gasteiger partial charge in [0.2, 0.25) is 23.6 Å². The van der Waals surface area contributed by atoms with Crippen molar-refractivity contribution < 1.29 is 28.7 Å². The number of rotatable bonds is 10. The zero-order valence-electron chi connectivity index (χ0n) is 26.4.